The van der Waals surface area contributed by atoms with Crippen molar-refractivity contribution in [3.8, 4) is 40.2 Å². The van der Waals surface area contributed by atoms with E-state index in [1.165, 1.54) is 38.9 Å². The Bertz CT molecular complexity index is 4500. The highest BCUT2D eigenvalue weighted by atomic mass is 16.5. The number of phenolic OH excluding ortho intramolecular Hbond substituents is 1. The molecule has 10 rings (SSSR count). The molecule has 0 saturated carbocycles. The van der Waals surface area contributed by atoms with E-state index in [1.807, 2.05) is 69.3 Å². The molecule has 7 aromatic carbocycles. The van der Waals surface area contributed by atoms with E-state index < -0.39 is 0 Å². The number of aromatic nitrogens is 4. The lowest BCUT2D eigenvalue weighted by atomic mass is 9.79. The zero-order valence-electron chi connectivity index (χ0n) is 71.4. The van der Waals surface area contributed by atoms with Crippen LogP contribution >= 0.6 is 0 Å². The zero-order chi connectivity index (χ0) is 79.3. The maximum absolute atomic E-state index is 12.0. The second kappa shape index (κ2) is 31.1. The van der Waals surface area contributed by atoms with E-state index in [0.29, 0.717) is 64.0 Å². The Morgan fingerprint density at radius 1 is 0.333 bits per heavy atom. The van der Waals surface area contributed by atoms with Gasteiger partial charge in [0, 0.05) is 96.1 Å². The van der Waals surface area contributed by atoms with Crippen LogP contribution in [0.1, 0.15) is 295 Å². The number of hydrogen-bond acceptors (Lipinski definition) is 10. The minimum Gasteiger partial charge on any atom is -0.507 e. The van der Waals surface area contributed by atoms with Crippen LogP contribution in [0.5, 0.6) is 40.2 Å². The number of aromatic hydroxyl groups is 1. The summed E-state index contributed by atoms with van der Waals surface area (Å²) in [5.74, 6) is 6.92. The summed E-state index contributed by atoms with van der Waals surface area (Å²) in [4.78, 5) is 9.64. The Hall–Kier alpha value is -8.48. The normalized spacial score (nSPS) is 13.6. The van der Waals surface area contributed by atoms with Crippen molar-refractivity contribution in [2.75, 3.05) is 34.5 Å². The van der Waals surface area contributed by atoms with E-state index in [-0.39, 0.29) is 56.5 Å². The molecule has 12 bridgehead atoms. The lowest BCUT2D eigenvalue weighted by Gasteiger charge is -2.29. The van der Waals surface area contributed by atoms with Gasteiger partial charge in [-0.25, -0.2) is 9.97 Å². The van der Waals surface area contributed by atoms with E-state index in [4.69, 9.17) is 38.4 Å². The molecule has 0 spiro atoms. The fourth-order valence-electron chi connectivity index (χ4n) is 14.9. The quantitative estimate of drug-likeness (QED) is 0.0959. The minimum absolute atomic E-state index is 0.119. The molecule has 0 amide bonds. The first-order valence-electron chi connectivity index (χ1n) is 39.1. The van der Waals surface area contributed by atoms with Gasteiger partial charge in [0.2, 0.25) is 0 Å². The highest BCUT2D eigenvalue weighted by Gasteiger charge is 2.33. The number of rotatable bonds is 15. The summed E-state index contributed by atoms with van der Waals surface area (Å²) < 4.78 is 47.1. The average molecular weight is 1470 g/mol. The molecular formula is C96H129N5O7. The molecule has 0 unspecified atom stereocenters. The van der Waals surface area contributed by atoms with Crippen LogP contribution in [0.3, 0.4) is 0 Å². The SMILES string of the molecule is COc1c2cc(C(C)(C)C)cc1Cc1cc(C(C)(C)C)cc(c1OCc1nccn1C)Cc1cc(C(C)(C)C)cc(c1OC)Cc1cc(C(C)(C)C)cc(c1OCc1nccn1C)Cc1cc(C(C)(C)C)cc(c1OC)Cc1cc(C(C)(C)C)cc(c1OCCNCc1cc(C(C)(C)C)cc(C(C)(C)C)c1O)C2. The van der Waals surface area contributed by atoms with E-state index in [9.17, 15) is 5.11 Å². The van der Waals surface area contributed by atoms with Crippen LogP contribution < -0.4 is 33.7 Å². The number of hydrogen-bond donors (Lipinski definition) is 2. The number of ether oxygens (including phenoxy) is 6. The van der Waals surface area contributed by atoms with Crippen molar-refractivity contribution in [3.05, 3.63) is 238 Å². The number of imidazole rings is 2. The molecule has 0 saturated heterocycles. The van der Waals surface area contributed by atoms with Crippen LogP contribution in [0.25, 0.3) is 0 Å². The highest BCUT2D eigenvalue weighted by molar-refractivity contribution is 5.62. The van der Waals surface area contributed by atoms with Crippen molar-refractivity contribution in [2.24, 2.45) is 14.1 Å². The van der Waals surface area contributed by atoms with Crippen molar-refractivity contribution < 1.29 is 33.5 Å². The van der Waals surface area contributed by atoms with Crippen molar-refractivity contribution >= 4 is 0 Å². The largest absolute Gasteiger partial charge is 0.507 e. The average Bonchev–Trinajstić information content (AvgIpc) is 0.781. The van der Waals surface area contributed by atoms with Gasteiger partial charge in [-0.3, -0.25) is 0 Å². The second-order valence-electron chi connectivity index (χ2n) is 39.0. The summed E-state index contributed by atoms with van der Waals surface area (Å²) in [6, 6.07) is 32.9. The van der Waals surface area contributed by atoms with Crippen molar-refractivity contribution in [1.82, 2.24) is 24.4 Å². The highest BCUT2D eigenvalue weighted by Crippen LogP contribution is 2.47. The van der Waals surface area contributed by atoms with E-state index in [0.717, 1.165) is 124 Å². The Morgan fingerprint density at radius 2 is 0.574 bits per heavy atom. The summed E-state index contributed by atoms with van der Waals surface area (Å²) >= 11 is 0. The number of nitrogens with one attached hydrogen (secondary N) is 1. The zero-order valence-corrected chi connectivity index (χ0v) is 71.4. The Balaban J connectivity index is 1.29. The molecule has 12 nitrogen and oxygen atoms in total. The molecular weight excluding hydrogens is 1340 g/mol. The number of benzene rings is 7. The molecule has 0 fully saturated rings. The number of methoxy groups -OCH3 is 3. The summed E-state index contributed by atoms with van der Waals surface area (Å²) in [5, 5.41) is 15.7. The molecule has 9 aromatic rings. The summed E-state index contributed by atoms with van der Waals surface area (Å²) in [5.41, 5.74) is 20.9. The monoisotopic (exact) mass is 1460 g/mol. The van der Waals surface area contributed by atoms with Crippen LogP contribution in [0.4, 0.5) is 0 Å². The third kappa shape index (κ3) is 18.9. The third-order valence-electron chi connectivity index (χ3n) is 21.8. The van der Waals surface area contributed by atoms with Crippen LogP contribution in [0, 0.1) is 0 Å². The van der Waals surface area contributed by atoms with Crippen LogP contribution in [0.2, 0.25) is 0 Å². The topological polar surface area (TPSA) is 123 Å². The van der Waals surface area contributed by atoms with Gasteiger partial charge in [-0.1, -0.05) is 251 Å². The number of phenols is 1. The van der Waals surface area contributed by atoms with Crippen molar-refractivity contribution in [1.29, 1.82) is 0 Å². The molecule has 0 atom stereocenters. The van der Waals surface area contributed by atoms with E-state index in [2.05, 4.69) is 256 Å². The second-order valence-corrected chi connectivity index (χ2v) is 39.0. The van der Waals surface area contributed by atoms with Gasteiger partial charge in [0.25, 0.3) is 0 Å². The lowest BCUT2D eigenvalue weighted by molar-refractivity contribution is 0.286. The predicted octanol–water partition coefficient (Wildman–Crippen LogP) is 21.4. The van der Waals surface area contributed by atoms with Gasteiger partial charge in [0.05, 0.1) is 21.3 Å². The molecule has 2 N–H and O–H groups in total. The summed E-state index contributed by atoms with van der Waals surface area (Å²) in [7, 11) is 9.54. The Labute approximate surface area is 649 Å². The van der Waals surface area contributed by atoms with Crippen LogP contribution in [-0.4, -0.2) is 58.7 Å². The Kier molecular flexibility index (Phi) is 23.6. The maximum atomic E-state index is 12.0. The maximum Gasteiger partial charge on any atom is 0.146 e. The number of aryl methyl sites for hydroxylation is 2. The molecule has 580 valence electrons. The molecule has 0 radical (unpaired) electrons. The first-order chi connectivity index (χ1) is 50.1. The van der Waals surface area contributed by atoms with Crippen LogP contribution in [-0.2, 0) is 116 Å². The van der Waals surface area contributed by atoms with Gasteiger partial charge in [0.15, 0.2) is 0 Å². The van der Waals surface area contributed by atoms with Gasteiger partial charge < -0.3 is 48.0 Å². The fourth-order valence-corrected chi connectivity index (χ4v) is 14.9. The molecule has 1 aliphatic rings. The summed E-state index contributed by atoms with van der Waals surface area (Å²) in [6.45, 7) is 56.6. The smallest absolute Gasteiger partial charge is 0.146 e. The fraction of sp³-hybridized carbons (Fsp3) is 0.500. The van der Waals surface area contributed by atoms with Gasteiger partial charge in [-0.2, -0.15) is 0 Å². The third-order valence-corrected chi connectivity index (χ3v) is 21.8. The van der Waals surface area contributed by atoms with Gasteiger partial charge in [-0.15, -0.1) is 0 Å². The lowest BCUT2D eigenvalue weighted by Crippen LogP contribution is -2.23. The first-order valence-corrected chi connectivity index (χ1v) is 39.1. The van der Waals surface area contributed by atoms with Gasteiger partial charge in [-0.05, 0) is 155 Å². The molecule has 1 aliphatic carbocycles. The molecule has 2 aromatic heterocycles. The minimum atomic E-state index is -0.270. The molecule has 12 heteroatoms. The Morgan fingerprint density at radius 3 is 0.796 bits per heavy atom. The number of fused-ring (bicyclic) bond motifs is 12. The first kappa shape index (κ1) is 82.0. The van der Waals surface area contributed by atoms with Crippen molar-refractivity contribution in [2.45, 2.75) is 268 Å². The van der Waals surface area contributed by atoms with Crippen LogP contribution in [0.15, 0.2) is 110 Å². The molecule has 0 aliphatic heterocycles. The van der Waals surface area contributed by atoms with Gasteiger partial charge in [0.1, 0.15) is 71.7 Å². The summed E-state index contributed by atoms with van der Waals surface area (Å²) in [6.07, 6.45) is 10.7. The van der Waals surface area contributed by atoms with E-state index >= 15 is 0 Å². The molecule has 108 heavy (non-hydrogen) atoms. The van der Waals surface area contributed by atoms with Gasteiger partial charge >= 0.3 is 0 Å². The van der Waals surface area contributed by atoms with E-state index in [1.54, 1.807) is 0 Å². The molecule has 2 heterocycles. The van der Waals surface area contributed by atoms with Crippen molar-refractivity contribution in [3.63, 3.8) is 0 Å². The number of nitrogens with zero attached hydrogens (tertiary/aromatic N) is 4. The predicted molar refractivity (Wildman–Crippen MR) is 445 cm³/mol. The standard InChI is InChI=1S/C96H129N5O7/c1-89(2,3)72-42-59-36-65-48-75(92(10,11)12)49-66(86(65)106-35-32-97-56-71-54-78(95(19,20)21)55-79(82(71)102)96(22,23)24)37-60-43-73(90(4,5)6)45-62(84(60)104-28)39-68-51-77(94(16,17)18)53-70(88(68)108-58-81-99-31-34-101(81)26)41-64-47-74(91(7,8)9)46-63(85(64)105-29)40-69-52-76(93(13,14)15)50-67(38-61(44-72)83(59)103-27)87(69)107-57-80-98-30-33-100(80)25/h30-31,33-34,42-55,97,102H,32,35-41,56-58H2,1-29H3.